The number of nitro groups is 1. The fourth-order valence-corrected chi connectivity index (χ4v) is 3.47. The maximum atomic E-state index is 12.5. The summed E-state index contributed by atoms with van der Waals surface area (Å²) in [5.41, 5.74) is 0.294. The lowest BCUT2D eigenvalue weighted by Gasteiger charge is -2.13. The van der Waals surface area contributed by atoms with Crippen molar-refractivity contribution in [2.45, 2.75) is 25.7 Å². The first-order chi connectivity index (χ1) is 15.3. The largest absolute Gasteiger partial charge is 0.465 e. The van der Waals surface area contributed by atoms with Crippen LogP contribution in [0.5, 0.6) is 0 Å². The number of esters is 1. The third-order valence-electron chi connectivity index (χ3n) is 5.03. The number of imide groups is 1. The number of nitro benzene ring substituents is 1. The molecule has 0 unspecified atom stereocenters. The first-order valence-electron chi connectivity index (χ1n) is 9.95. The van der Waals surface area contributed by atoms with E-state index in [-0.39, 0.29) is 35.7 Å². The Morgan fingerprint density at radius 3 is 2.53 bits per heavy atom. The number of ether oxygens (including phenoxy) is 1. The quantitative estimate of drug-likeness (QED) is 0.208. The topological polar surface area (TPSA) is 136 Å². The van der Waals surface area contributed by atoms with Crippen molar-refractivity contribution in [3.63, 3.8) is 0 Å². The molecule has 32 heavy (non-hydrogen) atoms. The van der Waals surface area contributed by atoms with Crippen LogP contribution in [0.2, 0.25) is 0 Å². The van der Waals surface area contributed by atoms with Gasteiger partial charge in [-0.25, -0.2) is 4.79 Å². The van der Waals surface area contributed by atoms with E-state index in [9.17, 15) is 29.3 Å². The molecular weight excluding hydrogens is 418 g/mol. The number of unbranched alkanes of at least 4 members (excludes halogenated alkanes) is 2. The molecule has 0 aliphatic carbocycles. The SMILES string of the molecule is COC(=O)c1cccc(NC(=O)CCCCCN2C(=O)c3cccc([N+](=O)[O-])c3C2=O)c1. The van der Waals surface area contributed by atoms with Crippen LogP contribution in [0.4, 0.5) is 11.4 Å². The molecule has 1 aliphatic heterocycles. The number of nitrogens with one attached hydrogen (secondary N) is 1. The maximum absolute atomic E-state index is 12.5. The number of hydrogen-bond acceptors (Lipinski definition) is 7. The fraction of sp³-hybridized carbons (Fsp3) is 0.273. The number of nitrogens with zero attached hydrogens (tertiary/aromatic N) is 2. The summed E-state index contributed by atoms with van der Waals surface area (Å²) in [6.45, 7) is 0.117. The third kappa shape index (κ3) is 4.80. The second-order valence-electron chi connectivity index (χ2n) is 7.15. The van der Waals surface area contributed by atoms with Crippen LogP contribution >= 0.6 is 0 Å². The Morgan fingerprint density at radius 1 is 1.06 bits per heavy atom. The van der Waals surface area contributed by atoms with Crippen molar-refractivity contribution >= 4 is 35.1 Å². The highest BCUT2D eigenvalue weighted by atomic mass is 16.6. The lowest BCUT2D eigenvalue weighted by molar-refractivity contribution is -0.385. The van der Waals surface area contributed by atoms with Crippen molar-refractivity contribution in [3.8, 4) is 0 Å². The van der Waals surface area contributed by atoms with Crippen LogP contribution in [-0.4, -0.2) is 47.2 Å². The zero-order valence-electron chi connectivity index (χ0n) is 17.3. The van der Waals surface area contributed by atoms with E-state index < -0.39 is 22.7 Å². The van der Waals surface area contributed by atoms with Crippen LogP contribution in [0.3, 0.4) is 0 Å². The number of benzene rings is 2. The summed E-state index contributed by atoms with van der Waals surface area (Å²) in [6, 6.07) is 10.4. The summed E-state index contributed by atoms with van der Waals surface area (Å²) in [6.07, 6.45) is 1.78. The van der Waals surface area contributed by atoms with Gasteiger partial charge in [-0.1, -0.05) is 18.6 Å². The normalized spacial score (nSPS) is 12.5. The number of amides is 3. The van der Waals surface area contributed by atoms with E-state index in [0.29, 0.717) is 30.5 Å². The zero-order chi connectivity index (χ0) is 23.3. The summed E-state index contributed by atoms with van der Waals surface area (Å²) in [5, 5.41) is 13.9. The number of fused-ring (bicyclic) bond motifs is 1. The molecule has 0 saturated carbocycles. The number of carbonyl (C=O) groups excluding carboxylic acids is 4. The monoisotopic (exact) mass is 439 g/mol. The van der Waals surface area contributed by atoms with Crippen LogP contribution < -0.4 is 5.32 Å². The van der Waals surface area contributed by atoms with E-state index in [1.165, 1.54) is 31.4 Å². The Hall–Kier alpha value is -4.08. The van der Waals surface area contributed by atoms with Gasteiger partial charge in [0.1, 0.15) is 5.56 Å². The van der Waals surface area contributed by atoms with Gasteiger partial charge in [0.25, 0.3) is 17.5 Å². The second kappa shape index (κ2) is 9.82. The van der Waals surface area contributed by atoms with Gasteiger partial charge < -0.3 is 10.1 Å². The molecule has 10 heteroatoms. The van der Waals surface area contributed by atoms with Gasteiger partial charge in [0.05, 0.1) is 23.2 Å². The number of carbonyl (C=O) groups is 4. The minimum atomic E-state index is -0.674. The van der Waals surface area contributed by atoms with Crippen LogP contribution in [0, 0.1) is 10.1 Å². The molecule has 1 N–H and O–H groups in total. The van der Waals surface area contributed by atoms with E-state index in [4.69, 9.17) is 0 Å². The van der Waals surface area contributed by atoms with Crippen molar-refractivity contribution < 1.29 is 28.8 Å². The Bertz CT molecular complexity index is 1100. The van der Waals surface area contributed by atoms with E-state index >= 15 is 0 Å². The van der Waals surface area contributed by atoms with Gasteiger partial charge in [0.2, 0.25) is 5.91 Å². The smallest absolute Gasteiger partial charge is 0.337 e. The lowest BCUT2D eigenvalue weighted by atomic mass is 10.1. The van der Waals surface area contributed by atoms with Crippen LogP contribution in [0.1, 0.15) is 56.8 Å². The predicted molar refractivity (Wildman–Crippen MR) is 113 cm³/mol. The zero-order valence-corrected chi connectivity index (χ0v) is 17.3. The van der Waals surface area contributed by atoms with Crippen LogP contribution in [0.25, 0.3) is 0 Å². The molecule has 0 bridgehead atoms. The van der Waals surface area contributed by atoms with E-state index in [2.05, 4.69) is 10.1 Å². The van der Waals surface area contributed by atoms with Gasteiger partial charge in [-0.3, -0.25) is 29.4 Å². The molecule has 0 spiro atoms. The molecule has 0 atom stereocenters. The lowest BCUT2D eigenvalue weighted by Crippen LogP contribution is -2.30. The first kappa shape index (κ1) is 22.6. The van der Waals surface area contributed by atoms with Crippen LogP contribution in [0.15, 0.2) is 42.5 Å². The van der Waals surface area contributed by atoms with Gasteiger partial charge in [-0.2, -0.15) is 0 Å². The van der Waals surface area contributed by atoms with Gasteiger partial charge >= 0.3 is 5.97 Å². The molecule has 1 aliphatic rings. The van der Waals surface area contributed by atoms with Crippen molar-refractivity contribution in [1.82, 2.24) is 4.90 Å². The molecule has 166 valence electrons. The van der Waals surface area contributed by atoms with Crippen molar-refractivity contribution in [3.05, 3.63) is 69.3 Å². The standard InChI is InChI=1S/C22H21N3O7/c1-32-22(29)14-7-5-8-15(13-14)23-18(26)11-3-2-4-12-24-20(27)16-9-6-10-17(25(30)31)19(16)21(24)28/h5-10,13H,2-4,11-12H2,1H3,(H,23,26). The van der Waals surface area contributed by atoms with Crippen molar-refractivity contribution in [2.75, 3.05) is 19.0 Å². The van der Waals surface area contributed by atoms with Crippen molar-refractivity contribution in [2.24, 2.45) is 0 Å². The van der Waals surface area contributed by atoms with E-state index in [1.54, 1.807) is 18.2 Å². The minimum Gasteiger partial charge on any atom is -0.465 e. The molecule has 0 saturated heterocycles. The Labute approximate surface area is 183 Å². The van der Waals surface area contributed by atoms with Gasteiger partial charge in [0.15, 0.2) is 0 Å². The van der Waals surface area contributed by atoms with Crippen molar-refractivity contribution in [1.29, 1.82) is 0 Å². The number of anilines is 1. The highest BCUT2D eigenvalue weighted by Crippen LogP contribution is 2.30. The number of hydrogen-bond donors (Lipinski definition) is 1. The number of methoxy groups -OCH3 is 1. The van der Waals surface area contributed by atoms with Crippen LogP contribution in [-0.2, 0) is 9.53 Å². The molecule has 2 aromatic carbocycles. The highest BCUT2D eigenvalue weighted by molar-refractivity contribution is 6.23. The summed E-state index contributed by atoms with van der Waals surface area (Å²) >= 11 is 0. The van der Waals surface area contributed by atoms with Gasteiger partial charge in [-0.15, -0.1) is 0 Å². The van der Waals surface area contributed by atoms with Gasteiger partial charge in [0, 0.05) is 24.7 Å². The summed E-state index contributed by atoms with van der Waals surface area (Å²) in [7, 11) is 1.27. The first-order valence-corrected chi connectivity index (χ1v) is 9.95. The molecule has 1 heterocycles. The van der Waals surface area contributed by atoms with E-state index in [1.807, 2.05) is 0 Å². The molecular formula is C22H21N3O7. The summed E-state index contributed by atoms with van der Waals surface area (Å²) < 4.78 is 4.65. The molecule has 10 nitrogen and oxygen atoms in total. The molecule has 0 aromatic heterocycles. The number of rotatable bonds is 9. The highest BCUT2D eigenvalue weighted by Gasteiger charge is 2.40. The Morgan fingerprint density at radius 2 is 1.81 bits per heavy atom. The molecule has 3 amide bonds. The summed E-state index contributed by atoms with van der Waals surface area (Å²) in [4.78, 5) is 60.1. The fourth-order valence-electron chi connectivity index (χ4n) is 3.47. The Kier molecular flexibility index (Phi) is 6.93. The maximum Gasteiger partial charge on any atom is 0.337 e. The van der Waals surface area contributed by atoms with E-state index in [0.717, 1.165) is 4.90 Å². The average molecular weight is 439 g/mol. The third-order valence-corrected chi connectivity index (χ3v) is 5.03. The average Bonchev–Trinajstić information content (AvgIpc) is 3.03. The second-order valence-corrected chi connectivity index (χ2v) is 7.15. The summed E-state index contributed by atoms with van der Waals surface area (Å²) in [5.74, 6) is -1.94. The van der Waals surface area contributed by atoms with Gasteiger partial charge in [-0.05, 0) is 37.1 Å². The Balaban J connectivity index is 1.46. The molecule has 2 aromatic rings. The predicted octanol–water partition coefficient (Wildman–Crippen LogP) is 3.18. The minimum absolute atomic E-state index is 0.0396. The molecule has 0 radical (unpaired) electrons. The molecule has 0 fully saturated rings. The molecule has 3 rings (SSSR count).